The zero-order valence-corrected chi connectivity index (χ0v) is 23.4. The van der Waals surface area contributed by atoms with Crippen molar-refractivity contribution in [3.05, 3.63) is 101 Å². The Morgan fingerprint density at radius 2 is 1.71 bits per heavy atom. The summed E-state index contributed by atoms with van der Waals surface area (Å²) in [5, 5.41) is 0. The highest BCUT2D eigenvalue weighted by Gasteiger charge is 2.31. The molecule has 1 aliphatic rings. The van der Waals surface area contributed by atoms with Crippen LogP contribution in [0.5, 0.6) is 11.5 Å². The Bertz CT molecular complexity index is 1480. The predicted octanol–water partition coefficient (Wildman–Crippen LogP) is 7.78. The van der Waals surface area contributed by atoms with E-state index in [-0.39, 0.29) is 29.3 Å². The lowest BCUT2D eigenvalue weighted by Gasteiger charge is -2.29. The van der Waals surface area contributed by atoms with Crippen LogP contribution < -0.4 is 14.4 Å². The monoisotopic (exact) mass is 563 g/mol. The number of carbonyl (C=O) groups excluding carboxylic acids is 2. The fourth-order valence-corrected chi connectivity index (χ4v) is 4.54. The number of rotatable bonds is 9. The summed E-state index contributed by atoms with van der Waals surface area (Å²) in [6.07, 6.45) is 1.83. The Morgan fingerprint density at radius 3 is 2.37 bits per heavy atom. The molecule has 0 saturated heterocycles. The molecule has 0 aliphatic carbocycles. The number of ether oxygens (including phenoxy) is 2. The molecule has 3 aromatic carbocycles. The Balaban J connectivity index is 1.55. The minimum absolute atomic E-state index is 0.149. The van der Waals surface area contributed by atoms with E-state index in [0.717, 1.165) is 36.5 Å². The number of nitrogens with zero attached hydrogens (tertiary/aromatic N) is 1. The highest BCUT2D eigenvalue weighted by molar-refractivity contribution is 6.09. The molecule has 1 heterocycles. The summed E-state index contributed by atoms with van der Waals surface area (Å²) in [5.41, 5.74) is 1.29. The van der Waals surface area contributed by atoms with E-state index in [1.165, 1.54) is 30.3 Å². The van der Waals surface area contributed by atoms with E-state index in [1.807, 2.05) is 38.1 Å². The van der Waals surface area contributed by atoms with Crippen molar-refractivity contribution in [1.29, 1.82) is 0 Å². The lowest BCUT2D eigenvalue weighted by molar-refractivity contribution is -0.138. The molecule has 8 heteroatoms. The van der Waals surface area contributed by atoms with E-state index in [4.69, 9.17) is 9.47 Å². The van der Waals surface area contributed by atoms with Crippen LogP contribution >= 0.6 is 0 Å². The lowest BCUT2D eigenvalue weighted by Crippen LogP contribution is -2.29. The van der Waals surface area contributed by atoms with Crippen molar-refractivity contribution in [2.24, 2.45) is 0 Å². The van der Waals surface area contributed by atoms with Crippen molar-refractivity contribution < 1.29 is 32.2 Å². The van der Waals surface area contributed by atoms with Gasteiger partial charge in [-0.15, -0.1) is 0 Å². The molecular weight excluding hydrogens is 531 g/mol. The van der Waals surface area contributed by atoms with Crippen LogP contribution in [0.1, 0.15) is 60.3 Å². The van der Waals surface area contributed by atoms with Crippen molar-refractivity contribution in [3.8, 4) is 11.5 Å². The summed E-state index contributed by atoms with van der Waals surface area (Å²) < 4.78 is 50.8. The number of fused-ring (bicyclic) bond motifs is 1. The maximum atomic E-state index is 13.3. The number of ketones is 1. The van der Waals surface area contributed by atoms with Gasteiger partial charge in [0.2, 0.25) is 0 Å². The van der Waals surface area contributed by atoms with Gasteiger partial charge in [0.05, 0.1) is 23.1 Å². The van der Waals surface area contributed by atoms with Crippen molar-refractivity contribution in [2.45, 2.75) is 45.9 Å². The summed E-state index contributed by atoms with van der Waals surface area (Å²) in [7, 11) is 0. The second-order valence-electron chi connectivity index (χ2n) is 10.2. The Hall–Kier alpha value is -4.33. The molecule has 5 nitrogen and oxygen atoms in total. The van der Waals surface area contributed by atoms with Gasteiger partial charge < -0.3 is 14.4 Å². The molecule has 214 valence electrons. The number of alkyl halides is 3. The Morgan fingerprint density at radius 1 is 1.00 bits per heavy atom. The fraction of sp³-hybridized carbons (Fsp3) is 0.273. The maximum Gasteiger partial charge on any atom is 0.416 e. The van der Waals surface area contributed by atoms with E-state index < -0.39 is 23.3 Å². The minimum Gasteiger partial charge on any atom is -0.482 e. The zero-order valence-electron chi connectivity index (χ0n) is 23.4. The van der Waals surface area contributed by atoms with Crippen molar-refractivity contribution in [2.75, 3.05) is 18.0 Å². The topological polar surface area (TPSA) is 55.8 Å². The number of benzene rings is 3. The third-order valence-electron chi connectivity index (χ3n) is 6.71. The molecule has 0 amide bonds. The minimum atomic E-state index is -4.51. The quantitative estimate of drug-likeness (QED) is 0.115. The van der Waals surface area contributed by atoms with Crippen LogP contribution in [0.2, 0.25) is 0 Å². The number of hydrogen-bond acceptors (Lipinski definition) is 5. The van der Waals surface area contributed by atoms with E-state index >= 15 is 0 Å². The van der Waals surface area contributed by atoms with Gasteiger partial charge in [-0.1, -0.05) is 36.4 Å². The smallest absolute Gasteiger partial charge is 0.416 e. The molecule has 41 heavy (non-hydrogen) atoms. The summed E-state index contributed by atoms with van der Waals surface area (Å²) >= 11 is 0. The molecular formula is C33H32F3NO4. The van der Waals surface area contributed by atoms with E-state index in [1.54, 1.807) is 18.2 Å². The Kier molecular flexibility index (Phi) is 8.71. The number of halogens is 3. The summed E-state index contributed by atoms with van der Waals surface area (Å²) in [5.74, 6) is -0.608. The van der Waals surface area contributed by atoms with Crippen LogP contribution in [-0.4, -0.2) is 30.4 Å². The van der Waals surface area contributed by atoms with Gasteiger partial charge in [0.1, 0.15) is 17.1 Å². The van der Waals surface area contributed by atoms with Crippen LogP contribution in [0.4, 0.5) is 18.9 Å². The average molecular weight is 564 g/mol. The maximum absolute atomic E-state index is 13.3. The Labute approximate surface area is 237 Å². The molecule has 0 atom stereocenters. The SMILES string of the molecule is CCN(CC)c1ccc(/C=C/C(=O)c2ccc(OC(=O)Cc3cccc(C(F)(F)F)c3)c3c2OC(C)(C)C=C3)cc1. The van der Waals surface area contributed by atoms with Gasteiger partial charge in [-0.05, 0) is 87.4 Å². The molecule has 0 unspecified atom stereocenters. The third kappa shape index (κ3) is 7.25. The van der Waals surface area contributed by atoms with Crippen LogP contribution in [0.25, 0.3) is 12.2 Å². The lowest BCUT2D eigenvalue weighted by atomic mass is 9.97. The van der Waals surface area contributed by atoms with E-state index in [2.05, 4.69) is 18.7 Å². The summed E-state index contributed by atoms with van der Waals surface area (Å²) in [4.78, 5) is 28.2. The number of carbonyl (C=O) groups is 2. The van der Waals surface area contributed by atoms with Crippen LogP contribution in [-0.2, 0) is 17.4 Å². The average Bonchev–Trinajstić information content (AvgIpc) is 2.92. The van der Waals surface area contributed by atoms with Gasteiger partial charge in [-0.3, -0.25) is 9.59 Å². The number of allylic oxidation sites excluding steroid dienone is 1. The van der Waals surface area contributed by atoms with Crippen LogP contribution in [0.15, 0.2) is 72.8 Å². The first-order chi connectivity index (χ1) is 19.4. The zero-order chi connectivity index (χ0) is 29.8. The molecule has 4 rings (SSSR count). The van der Waals surface area contributed by atoms with Gasteiger partial charge in [-0.2, -0.15) is 13.2 Å². The standard InChI is InChI=1S/C33H32F3NO4/c1-5-37(6-2)25-13-10-22(11-14-25)12-16-28(38)26-15-17-29(27-18-19-32(3,4)41-31(26)27)40-30(39)21-23-8-7-9-24(20-23)33(34,35)36/h7-20H,5-6,21H2,1-4H3/b16-12+. The van der Waals surface area contributed by atoms with Crippen LogP contribution in [0.3, 0.4) is 0 Å². The first-order valence-corrected chi connectivity index (χ1v) is 13.4. The molecule has 0 aromatic heterocycles. The predicted molar refractivity (Wildman–Crippen MR) is 154 cm³/mol. The number of anilines is 1. The molecule has 0 fully saturated rings. The first-order valence-electron chi connectivity index (χ1n) is 13.4. The van der Waals surface area contributed by atoms with E-state index in [0.29, 0.717) is 11.1 Å². The number of esters is 1. The molecule has 0 radical (unpaired) electrons. The molecule has 1 aliphatic heterocycles. The normalized spacial score (nSPS) is 13.9. The largest absolute Gasteiger partial charge is 0.482 e. The fourth-order valence-electron chi connectivity index (χ4n) is 4.54. The molecule has 0 spiro atoms. The molecule has 3 aromatic rings. The van der Waals surface area contributed by atoms with Crippen molar-refractivity contribution in [1.82, 2.24) is 0 Å². The molecule has 0 saturated carbocycles. The van der Waals surface area contributed by atoms with Gasteiger partial charge in [0.25, 0.3) is 0 Å². The summed E-state index contributed by atoms with van der Waals surface area (Å²) in [6, 6.07) is 15.5. The van der Waals surface area contributed by atoms with Gasteiger partial charge in [0.15, 0.2) is 5.78 Å². The van der Waals surface area contributed by atoms with E-state index in [9.17, 15) is 22.8 Å². The molecule has 0 N–H and O–H groups in total. The highest BCUT2D eigenvalue weighted by atomic mass is 19.4. The second-order valence-corrected chi connectivity index (χ2v) is 10.2. The van der Waals surface area contributed by atoms with Gasteiger partial charge >= 0.3 is 12.1 Å². The van der Waals surface area contributed by atoms with Crippen LogP contribution in [0, 0.1) is 0 Å². The highest BCUT2D eigenvalue weighted by Crippen LogP contribution is 2.40. The third-order valence-corrected chi connectivity index (χ3v) is 6.71. The second kappa shape index (κ2) is 12.0. The molecule has 0 bridgehead atoms. The van der Waals surface area contributed by atoms with Gasteiger partial charge in [0, 0.05) is 18.8 Å². The van der Waals surface area contributed by atoms with Gasteiger partial charge in [-0.25, -0.2) is 0 Å². The first kappa shape index (κ1) is 29.6. The number of hydrogen-bond donors (Lipinski definition) is 0. The van der Waals surface area contributed by atoms with Crippen molar-refractivity contribution in [3.63, 3.8) is 0 Å². The summed E-state index contributed by atoms with van der Waals surface area (Å²) in [6.45, 7) is 9.66. The van der Waals surface area contributed by atoms with Crippen molar-refractivity contribution >= 4 is 29.6 Å².